The molecule has 0 radical (unpaired) electrons. The van der Waals surface area contributed by atoms with Crippen molar-refractivity contribution < 1.29 is 4.39 Å². The Morgan fingerprint density at radius 1 is 1.20 bits per heavy atom. The van der Waals surface area contributed by atoms with E-state index < -0.39 is 0 Å². The van der Waals surface area contributed by atoms with Crippen molar-refractivity contribution in [1.82, 2.24) is 5.32 Å². The zero-order chi connectivity index (χ0) is 14.7. The van der Waals surface area contributed by atoms with E-state index in [9.17, 15) is 4.39 Å². The van der Waals surface area contributed by atoms with Gasteiger partial charge >= 0.3 is 0 Å². The summed E-state index contributed by atoms with van der Waals surface area (Å²) in [6.07, 6.45) is 0. The highest BCUT2D eigenvalue weighted by atomic mass is 79.9. The van der Waals surface area contributed by atoms with Crippen molar-refractivity contribution in [3.8, 4) is 0 Å². The molecule has 1 nitrogen and oxygen atoms in total. The molecule has 0 fully saturated rings. The van der Waals surface area contributed by atoms with Crippen molar-refractivity contribution >= 4 is 39.1 Å². The molecule has 0 amide bonds. The van der Waals surface area contributed by atoms with E-state index in [0.717, 1.165) is 17.7 Å². The average Bonchev–Trinajstić information content (AvgIpc) is 2.42. The van der Waals surface area contributed by atoms with E-state index in [1.807, 2.05) is 13.0 Å². The van der Waals surface area contributed by atoms with Crippen LogP contribution in [0.25, 0.3) is 0 Å². The fourth-order valence-corrected chi connectivity index (χ4v) is 2.69. The molecule has 0 aliphatic carbocycles. The molecule has 0 aromatic heterocycles. The van der Waals surface area contributed by atoms with Crippen LogP contribution in [0.5, 0.6) is 0 Å². The number of halogens is 4. The lowest BCUT2D eigenvalue weighted by atomic mass is 9.98. The monoisotopic (exact) mass is 375 g/mol. The van der Waals surface area contributed by atoms with E-state index in [1.54, 1.807) is 24.3 Å². The van der Waals surface area contributed by atoms with Crippen molar-refractivity contribution in [2.75, 3.05) is 6.54 Å². The lowest BCUT2D eigenvalue weighted by molar-refractivity contribution is 0.599. The summed E-state index contributed by atoms with van der Waals surface area (Å²) in [5.41, 5.74) is 1.64. The number of nitrogens with one attached hydrogen (secondary N) is 1. The maximum atomic E-state index is 13.7. The predicted molar refractivity (Wildman–Crippen MR) is 86.1 cm³/mol. The SMILES string of the molecule is CCNC(c1ccc(Br)c(F)c1)c1cc(Cl)ccc1Cl. The van der Waals surface area contributed by atoms with Gasteiger partial charge in [0, 0.05) is 10.0 Å². The first-order chi connectivity index (χ1) is 9.52. The summed E-state index contributed by atoms with van der Waals surface area (Å²) < 4.78 is 14.2. The summed E-state index contributed by atoms with van der Waals surface area (Å²) in [5, 5.41) is 4.51. The van der Waals surface area contributed by atoms with Crippen molar-refractivity contribution in [3.05, 3.63) is 67.9 Å². The highest BCUT2D eigenvalue weighted by Crippen LogP contribution is 2.32. The Labute approximate surface area is 136 Å². The molecule has 0 aliphatic rings. The van der Waals surface area contributed by atoms with Gasteiger partial charge in [-0.3, -0.25) is 0 Å². The van der Waals surface area contributed by atoms with Gasteiger partial charge in [-0.25, -0.2) is 4.39 Å². The van der Waals surface area contributed by atoms with Gasteiger partial charge in [-0.2, -0.15) is 0 Å². The Hall–Kier alpha value is -0.610. The predicted octanol–water partition coefficient (Wildman–Crippen LogP) is 5.59. The smallest absolute Gasteiger partial charge is 0.137 e. The van der Waals surface area contributed by atoms with Gasteiger partial charge in [0.05, 0.1) is 10.5 Å². The van der Waals surface area contributed by atoms with Crippen LogP contribution in [0.4, 0.5) is 4.39 Å². The molecule has 0 saturated heterocycles. The molecule has 2 aromatic carbocycles. The van der Waals surface area contributed by atoms with Crippen LogP contribution < -0.4 is 5.32 Å². The zero-order valence-electron chi connectivity index (χ0n) is 10.8. The quantitative estimate of drug-likeness (QED) is 0.732. The third-order valence-corrected chi connectivity index (χ3v) is 4.18. The van der Waals surface area contributed by atoms with Crippen molar-refractivity contribution in [2.24, 2.45) is 0 Å². The molecule has 0 spiro atoms. The fourth-order valence-electron chi connectivity index (χ4n) is 2.04. The number of hydrogen-bond donors (Lipinski definition) is 1. The van der Waals surface area contributed by atoms with E-state index in [-0.39, 0.29) is 11.9 Å². The van der Waals surface area contributed by atoms with Crippen LogP contribution in [-0.2, 0) is 0 Å². The molecule has 2 aromatic rings. The van der Waals surface area contributed by atoms with E-state index in [4.69, 9.17) is 23.2 Å². The van der Waals surface area contributed by atoms with Gasteiger partial charge in [-0.15, -0.1) is 0 Å². The molecule has 20 heavy (non-hydrogen) atoms. The molecule has 106 valence electrons. The molecule has 1 N–H and O–H groups in total. The summed E-state index contributed by atoms with van der Waals surface area (Å²) in [6.45, 7) is 2.71. The zero-order valence-corrected chi connectivity index (χ0v) is 13.9. The second kappa shape index (κ2) is 6.90. The Morgan fingerprint density at radius 3 is 2.60 bits per heavy atom. The molecule has 0 saturated carbocycles. The van der Waals surface area contributed by atoms with Crippen LogP contribution in [0.15, 0.2) is 40.9 Å². The van der Waals surface area contributed by atoms with Gasteiger partial charge in [0.25, 0.3) is 0 Å². The fraction of sp³-hybridized carbons (Fsp3) is 0.200. The molecule has 1 unspecified atom stereocenters. The summed E-state index contributed by atoms with van der Waals surface area (Å²) in [4.78, 5) is 0. The van der Waals surface area contributed by atoms with E-state index in [2.05, 4.69) is 21.2 Å². The average molecular weight is 377 g/mol. The van der Waals surface area contributed by atoms with Crippen LogP contribution in [0.3, 0.4) is 0 Å². The minimum atomic E-state index is -0.302. The van der Waals surface area contributed by atoms with Gasteiger partial charge in [0.15, 0.2) is 0 Å². The topological polar surface area (TPSA) is 12.0 Å². The number of rotatable bonds is 4. The number of hydrogen-bond acceptors (Lipinski definition) is 1. The minimum absolute atomic E-state index is 0.200. The molecule has 1 atom stereocenters. The van der Waals surface area contributed by atoms with E-state index in [0.29, 0.717) is 14.5 Å². The third-order valence-electron chi connectivity index (χ3n) is 2.95. The molecule has 0 heterocycles. The Morgan fingerprint density at radius 2 is 1.95 bits per heavy atom. The van der Waals surface area contributed by atoms with Gasteiger partial charge in [-0.1, -0.05) is 36.2 Å². The van der Waals surface area contributed by atoms with Crippen LogP contribution in [0, 0.1) is 5.82 Å². The van der Waals surface area contributed by atoms with Gasteiger partial charge in [0.1, 0.15) is 5.82 Å². The molecule has 2 rings (SSSR count). The van der Waals surface area contributed by atoms with Crippen LogP contribution in [0.2, 0.25) is 10.0 Å². The summed E-state index contributed by atoms with van der Waals surface area (Å²) in [5.74, 6) is -0.302. The summed E-state index contributed by atoms with van der Waals surface area (Å²) in [7, 11) is 0. The van der Waals surface area contributed by atoms with Crippen LogP contribution >= 0.6 is 39.1 Å². The molecular formula is C15H13BrCl2FN. The number of benzene rings is 2. The van der Waals surface area contributed by atoms with Gasteiger partial charge < -0.3 is 5.32 Å². The first-order valence-electron chi connectivity index (χ1n) is 6.16. The highest BCUT2D eigenvalue weighted by molar-refractivity contribution is 9.10. The lowest BCUT2D eigenvalue weighted by Crippen LogP contribution is -2.22. The molecular weight excluding hydrogens is 364 g/mol. The molecule has 0 aliphatic heterocycles. The standard InChI is InChI=1S/C15H13BrCl2FN/c1-2-20-15(9-3-5-12(16)14(19)7-9)11-8-10(17)4-6-13(11)18/h3-8,15,20H,2H2,1H3. The Balaban J connectivity index is 2.49. The van der Waals surface area contributed by atoms with Crippen molar-refractivity contribution in [1.29, 1.82) is 0 Å². The van der Waals surface area contributed by atoms with Crippen LogP contribution in [0.1, 0.15) is 24.1 Å². The largest absolute Gasteiger partial charge is 0.306 e. The van der Waals surface area contributed by atoms with Crippen LogP contribution in [-0.4, -0.2) is 6.54 Å². The summed E-state index contributed by atoms with van der Waals surface area (Å²) in [6, 6.07) is 10.1. The van der Waals surface area contributed by atoms with Gasteiger partial charge in [-0.05, 0) is 63.9 Å². The second-order valence-corrected chi connectivity index (χ2v) is 6.03. The van der Waals surface area contributed by atoms with E-state index >= 15 is 0 Å². The Kier molecular flexibility index (Phi) is 5.44. The first kappa shape index (κ1) is 15.8. The maximum absolute atomic E-state index is 13.7. The summed E-state index contributed by atoms with van der Waals surface area (Å²) >= 11 is 15.4. The Bertz CT molecular complexity index is 619. The minimum Gasteiger partial charge on any atom is -0.306 e. The molecule has 0 bridgehead atoms. The van der Waals surface area contributed by atoms with E-state index in [1.165, 1.54) is 6.07 Å². The van der Waals surface area contributed by atoms with Crippen molar-refractivity contribution in [2.45, 2.75) is 13.0 Å². The first-order valence-corrected chi connectivity index (χ1v) is 7.71. The maximum Gasteiger partial charge on any atom is 0.137 e. The van der Waals surface area contributed by atoms with Crippen molar-refractivity contribution in [3.63, 3.8) is 0 Å². The highest BCUT2D eigenvalue weighted by Gasteiger charge is 2.17. The normalized spacial score (nSPS) is 12.4. The second-order valence-electron chi connectivity index (χ2n) is 4.33. The lowest BCUT2D eigenvalue weighted by Gasteiger charge is -2.20. The van der Waals surface area contributed by atoms with Gasteiger partial charge in [0.2, 0.25) is 0 Å². The third kappa shape index (κ3) is 3.53. The molecule has 5 heteroatoms.